The molecule has 0 aromatic heterocycles. The molecular formula is C13H15ClO3. The number of ether oxygens (including phenoxy) is 1. The molecule has 3 nitrogen and oxygen atoms in total. The number of methoxy groups -OCH3 is 1. The normalized spacial score (nSPS) is 16.7. The standard InChI is InChI=1S/C13H15ClO3/c1-8-5-11(17-2)10(14)6-9(8)12(16)13(7-15)3-4-13/h5-6,15H,3-4,7H2,1-2H3. The number of ketones is 1. The number of benzene rings is 1. The Morgan fingerprint density at radius 3 is 2.65 bits per heavy atom. The highest BCUT2D eigenvalue weighted by atomic mass is 35.5. The average molecular weight is 255 g/mol. The number of hydrogen-bond donors (Lipinski definition) is 1. The Morgan fingerprint density at radius 2 is 2.18 bits per heavy atom. The fourth-order valence-corrected chi connectivity index (χ4v) is 2.19. The summed E-state index contributed by atoms with van der Waals surface area (Å²) in [7, 11) is 1.54. The fraction of sp³-hybridized carbons (Fsp3) is 0.462. The van der Waals surface area contributed by atoms with Gasteiger partial charge in [-0.05, 0) is 37.5 Å². The van der Waals surface area contributed by atoms with E-state index in [1.165, 1.54) is 7.11 Å². The lowest BCUT2D eigenvalue weighted by atomic mass is 9.92. The van der Waals surface area contributed by atoms with Gasteiger partial charge in [0.05, 0.1) is 24.2 Å². The van der Waals surface area contributed by atoms with Gasteiger partial charge in [-0.2, -0.15) is 0 Å². The van der Waals surface area contributed by atoms with Gasteiger partial charge >= 0.3 is 0 Å². The van der Waals surface area contributed by atoms with E-state index >= 15 is 0 Å². The second-order valence-corrected chi connectivity index (χ2v) is 4.98. The van der Waals surface area contributed by atoms with Gasteiger partial charge in [0.1, 0.15) is 5.75 Å². The molecule has 1 aliphatic carbocycles. The zero-order valence-electron chi connectivity index (χ0n) is 9.92. The largest absolute Gasteiger partial charge is 0.495 e. The molecule has 1 saturated carbocycles. The number of aliphatic hydroxyl groups is 1. The van der Waals surface area contributed by atoms with Crippen LogP contribution in [0.15, 0.2) is 12.1 Å². The maximum atomic E-state index is 12.3. The lowest BCUT2D eigenvalue weighted by Crippen LogP contribution is -2.21. The molecule has 1 aliphatic rings. The third kappa shape index (κ3) is 2.05. The highest BCUT2D eigenvalue weighted by Gasteiger charge is 2.49. The van der Waals surface area contributed by atoms with Crippen molar-refractivity contribution in [2.75, 3.05) is 13.7 Å². The molecule has 92 valence electrons. The molecule has 4 heteroatoms. The van der Waals surface area contributed by atoms with E-state index in [0.717, 1.165) is 18.4 Å². The maximum Gasteiger partial charge on any atom is 0.171 e. The molecule has 0 radical (unpaired) electrons. The van der Waals surface area contributed by atoms with Crippen LogP contribution in [0.1, 0.15) is 28.8 Å². The zero-order chi connectivity index (χ0) is 12.6. The minimum atomic E-state index is -0.553. The Morgan fingerprint density at radius 1 is 1.53 bits per heavy atom. The van der Waals surface area contributed by atoms with E-state index < -0.39 is 5.41 Å². The summed E-state index contributed by atoms with van der Waals surface area (Å²) in [6.07, 6.45) is 1.51. The monoisotopic (exact) mass is 254 g/mol. The quantitative estimate of drug-likeness (QED) is 0.841. The van der Waals surface area contributed by atoms with E-state index in [9.17, 15) is 9.90 Å². The predicted octanol–water partition coefficient (Wildman–Crippen LogP) is 2.61. The lowest BCUT2D eigenvalue weighted by Gasteiger charge is -2.14. The Hall–Kier alpha value is -1.06. The smallest absolute Gasteiger partial charge is 0.171 e. The van der Waals surface area contributed by atoms with Crippen LogP contribution in [0.4, 0.5) is 0 Å². The molecular weight excluding hydrogens is 240 g/mol. The van der Waals surface area contributed by atoms with Gasteiger partial charge in [-0.15, -0.1) is 0 Å². The van der Waals surface area contributed by atoms with Crippen molar-refractivity contribution < 1.29 is 14.6 Å². The van der Waals surface area contributed by atoms with E-state index in [1.54, 1.807) is 12.1 Å². The SMILES string of the molecule is COc1cc(C)c(C(=O)C2(CO)CC2)cc1Cl. The van der Waals surface area contributed by atoms with Crippen molar-refractivity contribution in [3.05, 3.63) is 28.3 Å². The summed E-state index contributed by atoms with van der Waals surface area (Å²) in [6.45, 7) is 1.76. The summed E-state index contributed by atoms with van der Waals surface area (Å²) >= 11 is 6.02. The number of carbonyl (C=O) groups excluding carboxylic acids is 1. The van der Waals surface area contributed by atoms with Crippen molar-refractivity contribution >= 4 is 17.4 Å². The molecule has 0 unspecified atom stereocenters. The molecule has 2 rings (SSSR count). The molecule has 17 heavy (non-hydrogen) atoms. The second-order valence-electron chi connectivity index (χ2n) is 4.57. The van der Waals surface area contributed by atoms with Gasteiger partial charge in [-0.25, -0.2) is 0 Å². The van der Waals surface area contributed by atoms with Crippen LogP contribution in [0.25, 0.3) is 0 Å². The number of aliphatic hydroxyl groups excluding tert-OH is 1. The van der Waals surface area contributed by atoms with E-state index in [2.05, 4.69) is 0 Å². The first kappa shape index (κ1) is 12.4. The highest BCUT2D eigenvalue weighted by molar-refractivity contribution is 6.32. The van der Waals surface area contributed by atoms with Gasteiger partial charge in [0.15, 0.2) is 5.78 Å². The predicted molar refractivity (Wildman–Crippen MR) is 65.8 cm³/mol. The number of rotatable bonds is 4. The van der Waals surface area contributed by atoms with Crippen LogP contribution < -0.4 is 4.74 Å². The van der Waals surface area contributed by atoms with Crippen molar-refractivity contribution in [3.63, 3.8) is 0 Å². The first-order valence-corrected chi connectivity index (χ1v) is 5.92. The average Bonchev–Trinajstić information content (AvgIpc) is 3.11. The lowest BCUT2D eigenvalue weighted by molar-refractivity contribution is 0.0829. The molecule has 0 bridgehead atoms. The molecule has 0 atom stereocenters. The molecule has 1 aromatic rings. The zero-order valence-corrected chi connectivity index (χ0v) is 10.7. The van der Waals surface area contributed by atoms with Crippen molar-refractivity contribution in [3.8, 4) is 5.75 Å². The number of halogens is 1. The maximum absolute atomic E-state index is 12.3. The van der Waals surface area contributed by atoms with Crippen molar-refractivity contribution in [1.29, 1.82) is 0 Å². The number of hydrogen-bond acceptors (Lipinski definition) is 3. The minimum Gasteiger partial charge on any atom is -0.495 e. The molecule has 1 fully saturated rings. The summed E-state index contributed by atoms with van der Waals surface area (Å²) in [5, 5.41) is 9.70. The Kier molecular flexibility index (Phi) is 3.15. The molecule has 1 N–H and O–H groups in total. The van der Waals surface area contributed by atoms with E-state index in [-0.39, 0.29) is 12.4 Å². The molecule has 0 spiro atoms. The van der Waals surface area contributed by atoms with Gasteiger partial charge < -0.3 is 9.84 Å². The van der Waals surface area contributed by atoms with Gasteiger partial charge in [0.25, 0.3) is 0 Å². The summed E-state index contributed by atoms with van der Waals surface area (Å²) < 4.78 is 5.10. The van der Waals surface area contributed by atoms with Crippen LogP contribution in [0.2, 0.25) is 5.02 Å². The Bertz CT molecular complexity index is 464. The van der Waals surface area contributed by atoms with E-state index in [0.29, 0.717) is 16.3 Å². The molecule has 1 aromatic carbocycles. The van der Waals surface area contributed by atoms with E-state index in [4.69, 9.17) is 16.3 Å². The summed E-state index contributed by atoms with van der Waals surface area (Å²) in [6, 6.07) is 3.39. The van der Waals surface area contributed by atoms with Crippen LogP contribution in [0, 0.1) is 12.3 Å². The second kappa shape index (κ2) is 4.31. The van der Waals surface area contributed by atoms with Crippen molar-refractivity contribution in [2.24, 2.45) is 5.41 Å². The van der Waals surface area contributed by atoms with Gasteiger partial charge in [-0.1, -0.05) is 11.6 Å². The summed E-state index contributed by atoms with van der Waals surface area (Å²) in [5.74, 6) is 0.552. The summed E-state index contributed by atoms with van der Waals surface area (Å²) in [4.78, 5) is 12.3. The van der Waals surface area contributed by atoms with Gasteiger partial charge in [-0.3, -0.25) is 4.79 Å². The topological polar surface area (TPSA) is 46.5 Å². The van der Waals surface area contributed by atoms with Crippen LogP contribution in [-0.4, -0.2) is 24.6 Å². The molecule has 0 saturated heterocycles. The van der Waals surface area contributed by atoms with Crippen LogP contribution in [0.3, 0.4) is 0 Å². The number of carbonyl (C=O) groups is 1. The van der Waals surface area contributed by atoms with Crippen LogP contribution in [-0.2, 0) is 0 Å². The first-order valence-electron chi connectivity index (χ1n) is 5.54. The molecule has 0 heterocycles. The minimum absolute atomic E-state index is 0.0120. The first-order chi connectivity index (χ1) is 8.04. The fourth-order valence-electron chi connectivity index (χ4n) is 1.95. The Balaban J connectivity index is 2.40. The Labute approximate surface area is 105 Å². The molecule has 0 aliphatic heterocycles. The third-order valence-electron chi connectivity index (χ3n) is 3.38. The van der Waals surface area contributed by atoms with Crippen molar-refractivity contribution in [1.82, 2.24) is 0 Å². The molecule has 0 amide bonds. The van der Waals surface area contributed by atoms with Crippen LogP contribution in [0.5, 0.6) is 5.75 Å². The highest BCUT2D eigenvalue weighted by Crippen LogP contribution is 2.48. The summed E-state index contributed by atoms with van der Waals surface area (Å²) in [5.41, 5.74) is 0.862. The van der Waals surface area contributed by atoms with Gasteiger partial charge in [0.2, 0.25) is 0 Å². The van der Waals surface area contributed by atoms with Crippen LogP contribution >= 0.6 is 11.6 Å². The van der Waals surface area contributed by atoms with Gasteiger partial charge in [0, 0.05) is 5.56 Å². The third-order valence-corrected chi connectivity index (χ3v) is 3.68. The van der Waals surface area contributed by atoms with E-state index in [1.807, 2.05) is 6.92 Å². The van der Waals surface area contributed by atoms with Crippen molar-refractivity contribution in [2.45, 2.75) is 19.8 Å². The number of aryl methyl sites for hydroxylation is 1. The number of Topliss-reactive ketones (excluding diaryl/α,β-unsaturated/α-hetero) is 1.